The van der Waals surface area contributed by atoms with Gasteiger partial charge in [-0.1, -0.05) is 24.3 Å². The number of carbonyl (C=O) groups is 3. The smallest absolute Gasteiger partial charge is 0.293 e. The van der Waals surface area contributed by atoms with Crippen molar-refractivity contribution in [1.29, 1.82) is 0 Å². The van der Waals surface area contributed by atoms with Crippen molar-refractivity contribution in [2.24, 2.45) is 5.92 Å². The number of hydrogen-bond acceptors (Lipinski definition) is 6. The fourth-order valence-corrected chi connectivity index (χ4v) is 3.49. The molecule has 1 aliphatic heterocycles. The first-order chi connectivity index (χ1) is 15.9. The molecule has 1 atom stereocenters. The Balaban J connectivity index is 1.61. The summed E-state index contributed by atoms with van der Waals surface area (Å²) in [6, 6.07) is 12.3. The summed E-state index contributed by atoms with van der Waals surface area (Å²) < 4.78 is 19.9. The van der Waals surface area contributed by atoms with Gasteiger partial charge in [0.2, 0.25) is 11.8 Å². The van der Waals surface area contributed by atoms with E-state index in [-0.39, 0.29) is 36.6 Å². The molecule has 0 spiro atoms. The molecule has 0 aromatic heterocycles. The van der Waals surface area contributed by atoms with E-state index in [1.807, 2.05) is 24.3 Å². The average molecular weight is 457 g/mol. The highest BCUT2D eigenvalue weighted by atomic mass is 19.1. The summed E-state index contributed by atoms with van der Waals surface area (Å²) in [5.41, 5.74) is 2.75. The van der Waals surface area contributed by atoms with Crippen LogP contribution in [0.3, 0.4) is 0 Å². The first kappa shape index (κ1) is 24.2. The topological polar surface area (TPSA) is 99.8 Å². The zero-order chi connectivity index (χ0) is 23.8. The van der Waals surface area contributed by atoms with E-state index < -0.39 is 6.10 Å². The molecule has 1 fully saturated rings. The average Bonchev–Trinajstić information content (AvgIpc) is 2.75. The van der Waals surface area contributed by atoms with Gasteiger partial charge < -0.3 is 25.6 Å². The van der Waals surface area contributed by atoms with E-state index in [4.69, 9.17) is 4.74 Å². The molecular formula is C24H29FN4O4. The standard InChI is InChI=1S/C24H29FN4O4/c1-16(31)27-13-21(33-15-30)14-29(2)20-7-8-22(23(25)9-20)18-5-3-17(4-6-18)10-28-24(32)19-11-26-12-19/h3-9,15,19,21,26H,10-14H2,1-2H3,(H,27,31)(H,28,32)/t21-/m0/s1. The van der Waals surface area contributed by atoms with Crippen molar-refractivity contribution < 1.29 is 23.5 Å². The molecule has 2 aromatic carbocycles. The summed E-state index contributed by atoms with van der Waals surface area (Å²) in [5, 5.41) is 8.60. The third kappa shape index (κ3) is 6.76. The summed E-state index contributed by atoms with van der Waals surface area (Å²) in [6.07, 6.45) is -0.562. The number of amides is 2. The molecule has 0 bridgehead atoms. The summed E-state index contributed by atoms with van der Waals surface area (Å²) in [4.78, 5) is 35.6. The van der Waals surface area contributed by atoms with Crippen LogP contribution in [0.1, 0.15) is 12.5 Å². The fourth-order valence-electron chi connectivity index (χ4n) is 3.49. The number of ether oxygens (including phenoxy) is 1. The van der Waals surface area contributed by atoms with Gasteiger partial charge in [-0.3, -0.25) is 14.4 Å². The van der Waals surface area contributed by atoms with Gasteiger partial charge in [0.25, 0.3) is 6.47 Å². The predicted molar refractivity (Wildman–Crippen MR) is 123 cm³/mol. The molecule has 0 unspecified atom stereocenters. The maximum atomic E-state index is 14.9. The van der Waals surface area contributed by atoms with Gasteiger partial charge in [-0.25, -0.2) is 4.39 Å². The molecule has 0 radical (unpaired) electrons. The highest BCUT2D eigenvalue weighted by Gasteiger charge is 2.24. The Morgan fingerprint density at radius 1 is 1.21 bits per heavy atom. The molecular weight excluding hydrogens is 427 g/mol. The van der Waals surface area contributed by atoms with Crippen LogP contribution in [0.4, 0.5) is 10.1 Å². The molecule has 1 heterocycles. The Morgan fingerprint density at radius 2 is 1.94 bits per heavy atom. The van der Waals surface area contributed by atoms with Crippen molar-refractivity contribution in [2.45, 2.75) is 19.6 Å². The van der Waals surface area contributed by atoms with Crippen LogP contribution in [0.25, 0.3) is 11.1 Å². The van der Waals surface area contributed by atoms with E-state index in [1.54, 1.807) is 24.1 Å². The highest BCUT2D eigenvalue weighted by Crippen LogP contribution is 2.27. The monoisotopic (exact) mass is 456 g/mol. The molecule has 2 aromatic rings. The number of benzene rings is 2. The number of nitrogens with zero attached hydrogens (tertiary/aromatic N) is 1. The van der Waals surface area contributed by atoms with Crippen molar-refractivity contribution in [3.8, 4) is 11.1 Å². The van der Waals surface area contributed by atoms with E-state index in [0.29, 0.717) is 24.3 Å². The highest BCUT2D eigenvalue weighted by molar-refractivity contribution is 5.80. The number of carbonyl (C=O) groups excluding carboxylic acids is 3. The summed E-state index contributed by atoms with van der Waals surface area (Å²) in [5.74, 6) is -0.522. The third-order valence-electron chi connectivity index (χ3n) is 5.58. The van der Waals surface area contributed by atoms with Crippen LogP contribution in [0.5, 0.6) is 0 Å². The molecule has 9 heteroatoms. The molecule has 33 heavy (non-hydrogen) atoms. The summed E-state index contributed by atoms with van der Waals surface area (Å²) in [6.45, 7) is 4.04. The lowest BCUT2D eigenvalue weighted by atomic mass is 10.0. The minimum atomic E-state index is -0.562. The van der Waals surface area contributed by atoms with E-state index >= 15 is 0 Å². The lowest BCUT2D eigenvalue weighted by Gasteiger charge is -2.25. The number of anilines is 1. The SMILES string of the molecule is CC(=O)NC[C@@H](CN(C)c1ccc(-c2ccc(CNC(=O)C3CNC3)cc2)c(F)c1)OC=O. The van der Waals surface area contributed by atoms with Crippen molar-refractivity contribution in [3.05, 3.63) is 53.8 Å². The number of rotatable bonds is 11. The largest absolute Gasteiger partial charge is 0.461 e. The van der Waals surface area contributed by atoms with Gasteiger partial charge in [0, 0.05) is 44.9 Å². The molecule has 1 aliphatic rings. The number of nitrogens with one attached hydrogen (secondary N) is 3. The van der Waals surface area contributed by atoms with E-state index in [1.165, 1.54) is 13.0 Å². The third-order valence-corrected chi connectivity index (χ3v) is 5.58. The van der Waals surface area contributed by atoms with Crippen LogP contribution in [0.2, 0.25) is 0 Å². The van der Waals surface area contributed by atoms with Crippen LogP contribution >= 0.6 is 0 Å². The van der Waals surface area contributed by atoms with Crippen molar-refractivity contribution in [1.82, 2.24) is 16.0 Å². The quantitative estimate of drug-likeness (QED) is 0.443. The second-order valence-corrected chi connectivity index (χ2v) is 8.11. The van der Waals surface area contributed by atoms with Gasteiger partial charge in [-0.15, -0.1) is 0 Å². The van der Waals surface area contributed by atoms with Gasteiger partial charge in [0.1, 0.15) is 11.9 Å². The van der Waals surface area contributed by atoms with Crippen molar-refractivity contribution >= 4 is 24.0 Å². The Morgan fingerprint density at radius 3 is 2.52 bits per heavy atom. The van der Waals surface area contributed by atoms with E-state index in [2.05, 4.69) is 16.0 Å². The molecule has 3 rings (SSSR count). The van der Waals surface area contributed by atoms with Gasteiger partial charge in [0.05, 0.1) is 19.0 Å². The van der Waals surface area contributed by atoms with Crippen LogP contribution in [-0.2, 0) is 25.7 Å². The number of likely N-dealkylation sites (N-methyl/N-ethyl adjacent to an activating group) is 1. The maximum absolute atomic E-state index is 14.9. The molecule has 176 valence electrons. The molecule has 2 amide bonds. The Labute approximate surface area is 192 Å². The second kappa shape index (κ2) is 11.4. The first-order valence-corrected chi connectivity index (χ1v) is 10.8. The molecule has 1 saturated heterocycles. The minimum absolute atomic E-state index is 0.0423. The van der Waals surface area contributed by atoms with Crippen LogP contribution in [0.15, 0.2) is 42.5 Å². The van der Waals surface area contributed by atoms with Crippen LogP contribution in [0, 0.1) is 11.7 Å². The van der Waals surface area contributed by atoms with Gasteiger partial charge in [-0.05, 0) is 29.3 Å². The van der Waals surface area contributed by atoms with E-state index in [9.17, 15) is 18.8 Å². The van der Waals surface area contributed by atoms with Crippen molar-refractivity contribution in [2.75, 3.05) is 38.1 Å². The van der Waals surface area contributed by atoms with Crippen molar-refractivity contribution in [3.63, 3.8) is 0 Å². The normalized spacial score (nSPS) is 14.0. The molecule has 0 saturated carbocycles. The lowest BCUT2D eigenvalue weighted by Crippen LogP contribution is -2.50. The zero-order valence-electron chi connectivity index (χ0n) is 18.8. The first-order valence-electron chi connectivity index (χ1n) is 10.8. The van der Waals surface area contributed by atoms with Crippen LogP contribution in [-0.4, -0.2) is 57.6 Å². The van der Waals surface area contributed by atoms with Crippen LogP contribution < -0.4 is 20.9 Å². The Hall–Kier alpha value is -3.46. The number of hydrogen-bond donors (Lipinski definition) is 3. The maximum Gasteiger partial charge on any atom is 0.293 e. The molecule has 0 aliphatic carbocycles. The van der Waals surface area contributed by atoms with Gasteiger partial charge >= 0.3 is 0 Å². The molecule has 3 N–H and O–H groups in total. The Kier molecular flexibility index (Phi) is 8.37. The fraction of sp³-hybridized carbons (Fsp3) is 0.375. The second-order valence-electron chi connectivity index (χ2n) is 8.11. The molecule has 8 nitrogen and oxygen atoms in total. The number of halogens is 1. The van der Waals surface area contributed by atoms with E-state index in [0.717, 1.165) is 24.2 Å². The lowest BCUT2D eigenvalue weighted by molar-refractivity contribution is -0.134. The minimum Gasteiger partial charge on any atom is -0.461 e. The summed E-state index contributed by atoms with van der Waals surface area (Å²) in [7, 11) is 1.76. The van der Waals surface area contributed by atoms with Gasteiger partial charge in [0.15, 0.2) is 0 Å². The predicted octanol–water partition coefficient (Wildman–Crippen LogP) is 1.44. The van der Waals surface area contributed by atoms with Gasteiger partial charge in [-0.2, -0.15) is 0 Å². The Bertz CT molecular complexity index is 979. The zero-order valence-corrected chi connectivity index (χ0v) is 18.8. The summed E-state index contributed by atoms with van der Waals surface area (Å²) >= 11 is 0.